The molecular weight excluding hydrogens is 296 g/mol. The van der Waals surface area contributed by atoms with Gasteiger partial charge in [-0.15, -0.1) is 0 Å². The number of fused-ring (bicyclic) bond motifs is 1. The van der Waals surface area contributed by atoms with Crippen molar-refractivity contribution in [2.45, 2.75) is 24.7 Å². The highest BCUT2D eigenvalue weighted by Crippen LogP contribution is 2.14. The summed E-state index contributed by atoms with van der Waals surface area (Å²) in [5.41, 5.74) is -0.0241. The third kappa shape index (κ3) is 2.68. The summed E-state index contributed by atoms with van der Waals surface area (Å²) in [6, 6.07) is -0.555. The van der Waals surface area contributed by atoms with Gasteiger partial charge in [0.1, 0.15) is 12.2 Å². The third-order valence-corrected chi connectivity index (χ3v) is 3.45. The number of nitrogens with zero attached hydrogens (tertiary/aromatic N) is 4. The van der Waals surface area contributed by atoms with Crippen molar-refractivity contribution >= 4 is 29.3 Å². The monoisotopic (exact) mass is 313 g/mol. The predicted molar refractivity (Wildman–Crippen MR) is 74.0 cm³/mol. The predicted octanol–water partition coefficient (Wildman–Crippen LogP) is -3.06. The van der Waals surface area contributed by atoms with Gasteiger partial charge in [-0.25, -0.2) is 14.6 Å². The fourth-order valence-corrected chi connectivity index (χ4v) is 2.08. The van der Waals surface area contributed by atoms with Crippen molar-refractivity contribution in [3.63, 3.8) is 0 Å². The van der Waals surface area contributed by atoms with Crippen LogP contribution in [-0.4, -0.2) is 98.2 Å². The molecule has 0 aromatic heterocycles. The van der Waals surface area contributed by atoms with E-state index in [4.69, 9.17) is 5.11 Å². The smallest absolute Gasteiger partial charge is 0.394 e. The van der Waals surface area contributed by atoms with Gasteiger partial charge in [-0.05, 0) is 0 Å². The zero-order chi connectivity index (χ0) is 16.6. The van der Waals surface area contributed by atoms with Crippen molar-refractivity contribution in [1.82, 2.24) is 4.90 Å². The second-order valence-electron chi connectivity index (χ2n) is 5.03. The summed E-state index contributed by atoms with van der Waals surface area (Å²) in [6.45, 7) is -0.711. The Morgan fingerprint density at radius 3 is 2.41 bits per heavy atom. The summed E-state index contributed by atoms with van der Waals surface area (Å²) in [6.07, 6.45) is -4.76. The van der Waals surface area contributed by atoms with Crippen molar-refractivity contribution in [3.05, 3.63) is 0 Å². The molecule has 2 heterocycles. The van der Waals surface area contributed by atoms with Crippen molar-refractivity contribution in [2.24, 2.45) is 9.98 Å². The molecular formula is C12H17N4O6+. The number of aliphatic hydroxyl groups is 4. The van der Waals surface area contributed by atoms with Crippen LogP contribution in [0.5, 0.6) is 0 Å². The summed E-state index contributed by atoms with van der Waals surface area (Å²) in [5, 5.41) is 37.4. The van der Waals surface area contributed by atoms with Crippen LogP contribution in [0.2, 0.25) is 0 Å². The number of hydrogen-bond acceptors (Lipinski definition) is 8. The lowest BCUT2D eigenvalue weighted by atomic mass is 10.1. The molecule has 0 spiro atoms. The van der Waals surface area contributed by atoms with E-state index < -0.39 is 36.9 Å². The molecule has 0 radical (unpaired) electrons. The Kier molecular flexibility index (Phi) is 4.47. The Hall–Kier alpha value is -2.01. The lowest BCUT2D eigenvalue weighted by Gasteiger charge is -2.20. The molecule has 0 unspecified atom stereocenters. The van der Waals surface area contributed by atoms with Crippen LogP contribution < -0.4 is 0 Å². The van der Waals surface area contributed by atoms with Crippen LogP contribution in [0.4, 0.5) is 4.79 Å². The number of aliphatic imine (C=N–C) groups is 2. The van der Waals surface area contributed by atoms with E-state index in [9.17, 15) is 24.9 Å². The molecule has 10 nitrogen and oxygen atoms in total. The summed E-state index contributed by atoms with van der Waals surface area (Å²) in [7, 11) is 2.75. The topological polar surface area (TPSA) is 146 Å². The van der Waals surface area contributed by atoms with E-state index >= 15 is 0 Å². The lowest BCUT2D eigenvalue weighted by Crippen LogP contribution is -2.51. The number of aliphatic hydroxyl groups excluding tert-OH is 4. The molecule has 2 rings (SSSR count). The second kappa shape index (κ2) is 6.01. The Labute approximate surface area is 125 Å². The van der Waals surface area contributed by atoms with Crippen molar-refractivity contribution in [3.8, 4) is 0 Å². The molecule has 0 bridgehead atoms. The highest BCUT2D eigenvalue weighted by molar-refractivity contribution is 6.70. The minimum Gasteiger partial charge on any atom is -0.394 e. The number of rotatable bonds is 5. The van der Waals surface area contributed by atoms with Crippen LogP contribution in [0, 0.1) is 0 Å². The maximum Gasteiger partial charge on any atom is 0.446 e. The molecule has 0 aromatic rings. The first-order valence-corrected chi connectivity index (χ1v) is 6.52. The molecule has 3 atom stereocenters. The highest BCUT2D eigenvalue weighted by atomic mass is 16.4. The standard InChI is InChI=1S/C12H17N4O6/c1-15-10-8(11(21)16(2)12(15)22)13-7(14-10)3-5(18)9(20)6(19)4-17/h5-6,9,17-20H,3-4H2,1-2H3/q+1/t5-,6-,9+/m1/s1. The largest absolute Gasteiger partial charge is 0.446 e. The van der Waals surface area contributed by atoms with Gasteiger partial charge in [0.2, 0.25) is 11.5 Å². The molecule has 0 saturated heterocycles. The fourth-order valence-electron chi connectivity index (χ4n) is 2.08. The van der Waals surface area contributed by atoms with E-state index in [0.29, 0.717) is 0 Å². The van der Waals surface area contributed by atoms with Crippen LogP contribution in [-0.2, 0) is 4.79 Å². The minimum atomic E-state index is -1.58. The lowest BCUT2D eigenvalue weighted by molar-refractivity contribution is -0.401. The van der Waals surface area contributed by atoms with Crippen molar-refractivity contribution in [2.75, 3.05) is 20.7 Å². The maximum absolute atomic E-state index is 12.0. The van der Waals surface area contributed by atoms with E-state index in [1.54, 1.807) is 0 Å². The number of amidine groups is 2. The quantitative estimate of drug-likeness (QED) is 0.396. The van der Waals surface area contributed by atoms with E-state index in [1.807, 2.05) is 0 Å². The number of carbonyl (C=O) groups is 2. The number of hydrogen-bond donors (Lipinski definition) is 4. The van der Waals surface area contributed by atoms with Crippen LogP contribution >= 0.6 is 0 Å². The normalized spacial score (nSPS) is 22.4. The van der Waals surface area contributed by atoms with Gasteiger partial charge in [-0.2, -0.15) is 9.48 Å². The zero-order valence-electron chi connectivity index (χ0n) is 12.0. The molecule has 2 aliphatic rings. The molecule has 0 fully saturated rings. The van der Waals surface area contributed by atoms with E-state index in [2.05, 4.69) is 9.98 Å². The number of imide groups is 1. The van der Waals surface area contributed by atoms with Gasteiger partial charge >= 0.3 is 17.8 Å². The molecule has 120 valence electrons. The van der Waals surface area contributed by atoms with Gasteiger partial charge in [0.15, 0.2) is 0 Å². The summed E-state index contributed by atoms with van der Waals surface area (Å²) in [5.74, 6) is -0.486. The maximum atomic E-state index is 12.0. The Morgan fingerprint density at radius 1 is 1.18 bits per heavy atom. The molecule has 10 heteroatoms. The third-order valence-electron chi connectivity index (χ3n) is 3.45. The number of amides is 3. The fraction of sp³-hybridized carbons (Fsp3) is 0.583. The van der Waals surface area contributed by atoms with E-state index in [1.165, 1.54) is 14.1 Å². The second-order valence-corrected chi connectivity index (χ2v) is 5.03. The molecule has 3 amide bonds. The molecule has 2 aliphatic heterocycles. The van der Waals surface area contributed by atoms with Gasteiger partial charge in [0.05, 0.1) is 33.2 Å². The van der Waals surface area contributed by atoms with Gasteiger partial charge in [0.25, 0.3) is 0 Å². The van der Waals surface area contributed by atoms with E-state index in [0.717, 1.165) is 9.48 Å². The van der Waals surface area contributed by atoms with Gasteiger partial charge < -0.3 is 20.4 Å². The van der Waals surface area contributed by atoms with Crippen LogP contribution in [0.1, 0.15) is 6.42 Å². The Bertz CT molecular complexity index is 611. The van der Waals surface area contributed by atoms with Crippen LogP contribution in [0.3, 0.4) is 0 Å². The zero-order valence-corrected chi connectivity index (χ0v) is 12.0. The van der Waals surface area contributed by atoms with Crippen molar-refractivity contribution < 1.29 is 34.6 Å². The van der Waals surface area contributed by atoms with Crippen molar-refractivity contribution in [1.29, 1.82) is 0 Å². The molecule has 0 saturated carbocycles. The number of urea groups is 1. The van der Waals surface area contributed by atoms with Crippen LogP contribution in [0.25, 0.3) is 0 Å². The molecule has 0 aliphatic carbocycles. The minimum absolute atomic E-state index is 0.0241. The summed E-state index contributed by atoms with van der Waals surface area (Å²) < 4.78 is 1.15. The molecule has 4 N–H and O–H groups in total. The number of carbonyl (C=O) groups excluding carboxylic acids is 2. The van der Waals surface area contributed by atoms with Gasteiger partial charge in [-0.3, -0.25) is 0 Å². The average Bonchev–Trinajstić information content (AvgIpc) is 2.93. The van der Waals surface area contributed by atoms with Gasteiger partial charge in [0, 0.05) is 0 Å². The van der Waals surface area contributed by atoms with E-state index in [-0.39, 0.29) is 23.8 Å². The molecule has 0 aromatic carbocycles. The summed E-state index contributed by atoms with van der Waals surface area (Å²) >= 11 is 0. The summed E-state index contributed by atoms with van der Waals surface area (Å²) in [4.78, 5) is 32.6. The molecule has 22 heavy (non-hydrogen) atoms. The Balaban J connectivity index is 2.22. The SMILES string of the molecule is CN1C(=O)C2=NC(C[C@@H](O)[C@H](O)[C@H](O)CO)=NC2=[N+](C)C1=O. The Morgan fingerprint density at radius 2 is 1.82 bits per heavy atom. The first kappa shape index (κ1) is 16.4. The van der Waals surface area contributed by atoms with Gasteiger partial charge in [-0.1, -0.05) is 4.99 Å². The highest BCUT2D eigenvalue weighted by Gasteiger charge is 2.44. The first-order chi connectivity index (χ1) is 10.3. The first-order valence-electron chi connectivity index (χ1n) is 6.52. The van der Waals surface area contributed by atoms with Crippen LogP contribution in [0.15, 0.2) is 9.98 Å². The average molecular weight is 313 g/mol.